The molecule has 0 spiro atoms. The maximum atomic E-state index is 14.0. The minimum atomic E-state index is -0.801. The fourth-order valence-electron chi connectivity index (χ4n) is 2.72. The van der Waals surface area contributed by atoms with Crippen LogP contribution in [-0.2, 0) is 0 Å². The number of rotatable bonds is 2. The van der Waals surface area contributed by atoms with E-state index in [0.717, 1.165) is 18.2 Å². The third-order valence-corrected chi connectivity index (χ3v) is 3.70. The molecular weight excluding hydrogens is 294 g/mol. The molecule has 2 atom stereocenters. The molecule has 2 heterocycles. The highest BCUT2D eigenvalue weighted by atomic mass is 19.1. The molecule has 0 saturated carbocycles. The highest BCUT2D eigenvalue weighted by Crippen LogP contribution is 2.35. The van der Waals surface area contributed by atoms with E-state index in [0.29, 0.717) is 5.76 Å². The normalized spacial score (nSPS) is 21.4. The molecule has 1 aliphatic heterocycles. The van der Waals surface area contributed by atoms with Gasteiger partial charge in [-0.25, -0.2) is 8.78 Å². The number of hydrogen-bond acceptors (Lipinski definition) is 4. The molecular formula is C15H14F2N2O3. The second-order valence-corrected chi connectivity index (χ2v) is 5.35. The first kappa shape index (κ1) is 14.6. The lowest BCUT2D eigenvalue weighted by atomic mass is 10.0. The second kappa shape index (κ2) is 5.49. The van der Waals surface area contributed by atoms with E-state index in [1.165, 1.54) is 11.0 Å². The quantitative estimate of drug-likeness (QED) is 0.923. The summed E-state index contributed by atoms with van der Waals surface area (Å²) >= 11 is 0. The van der Waals surface area contributed by atoms with Crippen LogP contribution in [0.25, 0.3) is 0 Å². The first-order chi connectivity index (χ1) is 10.5. The fourth-order valence-corrected chi connectivity index (χ4v) is 2.72. The summed E-state index contributed by atoms with van der Waals surface area (Å²) in [5.41, 5.74) is 0.124. The molecule has 1 N–H and O–H groups in total. The zero-order valence-electron chi connectivity index (χ0n) is 11.8. The van der Waals surface area contributed by atoms with Crippen LogP contribution in [0.15, 0.2) is 28.8 Å². The number of hydrogen-bond donors (Lipinski definition) is 1. The van der Waals surface area contributed by atoms with Crippen LogP contribution in [0.3, 0.4) is 0 Å². The summed E-state index contributed by atoms with van der Waals surface area (Å²) in [6.45, 7) is 1.68. The van der Waals surface area contributed by atoms with E-state index in [2.05, 4.69) is 5.16 Å². The number of likely N-dealkylation sites (tertiary alicyclic amines) is 1. The summed E-state index contributed by atoms with van der Waals surface area (Å²) in [5.74, 6) is -1.23. The number of carbonyl (C=O) groups excluding carboxylic acids is 1. The Labute approximate surface area is 125 Å². The van der Waals surface area contributed by atoms with Crippen molar-refractivity contribution in [3.05, 3.63) is 52.9 Å². The largest absolute Gasteiger partial charge is 0.391 e. The summed E-state index contributed by atoms with van der Waals surface area (Å²) in [4.78, 5) is 13.8. The van der Waals surface area contributed by atoms with Gasteiger partial charge in [-0.3, -0.25) is 4.79 Å². The van der Waals surface area contributed by atoms with Gasteiger partial charge < -0.3 is 14.5 Å². The summed E-state index contributed by atoms with van der Waals surface area (Å²) in [6.07, 6.45) is -0.659. The lowest BCUT2D eigenvalue weighted by Crippen LogP contribution is -2.32. The smallest absolute Gasteiger partial charge is 0.276 e. The molecule has 1 aromatic heterocycles. The number of amides is 1. The molecule has 1 aliphatic rings. The van der Waals surface area contributed by atoms with Crippen molar-refractivity contribution in [1.29, 1.82) is 0 Å². The number of aryl methyl sites for hydroxylation is 1. The van der Waals surface area contributed by atoms with Gasteiger partial charge >= 0.3 is 0 Å². The Bertz CT molecular complexity index is 717. The zero-order chi connectivity index (χ0) is 15.9. The van der Waals surface area contributed by atoms with E-state index in [4.69, 9.17) is 4.52 Å². The molecule has 22 heavy (non-hydrogen) atoms. The van der Waals surface area contributed by atoms with E-state index in [-0.39, 0.29) is 24.2 Å². The summed E-state index contributed by atoms with van der Waals surface area (Å²) in [7, 11) is 0. The summed E-state index contributed by atoms with van der Waals surface area (Å²) in [5, 5.41) is 13.5. The van der Waals surface area contributed by atoms with Gasteiger partial charge in [-0.2, -0.15) is 0 Å². The number of aliphatic hydroxyl groups is 1. The number of aromatic nitrogens is 1. The summed E-state index contributed by atoms with van der Waals surface area (Å²) in [6, 6.07) is 3.80. The number of nitrogens with zero attached hydrogens (tertiary/aromatic N) is 2. The van der Waals surface area contributed by atoms with Gasteiger partial charge in [0.15, 0.2) is 5.69 Å². The average Bonchev–Trinajstić information content (AvgIpc) is 3.07. The number of β-amino-alcohol motifs (C(OH)–C–C–N with tert-alkyl or cyclic N) is 1. The first-order valence-corrected chi connectivity index (χ1v) is 6.83. The SMILES string of the molecule is Cc1cc(C(=O)N2CC(O)CC2c2cc(F)ccc2F)no1. The predicted molar refractivity (Wildman–Crippen MR) is 72.0 cm³/mol. The maximum Gasteiger partial charge on any atom is 0.276 e. The zero-order valence-corrected chi connectivity index (χ0v) is 11.8. The standard InChI is InChI=1S/C15H14F2N2O3/c1-8-4-13(18-22-8)15(21)19-7-10(20)6-14(19)11-5-9(16)2-3-12(11)17/h2-5,10,14,20H,6-7H2,1H3. The molecule has 1 fully saturated rings. The van der Waals surface area contributed by atoms with Gasteiger partial charge in [0.1, 0.15) is 17.4 Å². The van der Waals surface area contributed by atoms with E-state index >= 15 is 0 Å². The van der Waals surface area contributed by atoms with Crippen LogP contribution in [-0.4, -0.2) is 33.7 Å². The molecule has 1 aromatic carbocycles. The minimum Gasteiger partial charge on any atom is -0.391 e. The third kappa shape index (κ3) is 2.59. The Kier molecular flexibility index (Phi) is 3.66. The molecule has 0 aliphatic carbocycles. The molecule has 1 amide bonds. The molecule has 0 bridgehead atoms. The van der Waals surface area contributed by atoms with Crippen LogP contribution in [0.4, 0.5) is 8.78 Å². The van der Waals surface area contributed by atoms with Crippen LogP contribution in [0.1, 0.15) is 34.3 Å². The lowest BCUT2D eigenvalue weighted by Gasteiger charge is -2.24. The van der Waals surface area contributed by atoms with Crippen molar-refractivity contribution in [3.63, 3.8) is 0 Å². The van der Waals surface area contributed by atoms with Crippen molar-refractivity contribution < 1.29 is 23.2 Å². The Morgan fingerprint density at radius 3 is 2.86 bits per heavy atom. The van der Waals surface area contributed by atoms with Crippen molar-refractivity contribution in [1.82, 2.24) is 10.1 Å². The molecule has 3 rings (SSSR count). The first-order valence-electron chi connectivity index (χ1n) is 6.83. The number of halogens is 2. The van der Waals surface area contributed by atoms with Crippen molar-refractivity contribution in [2.45, 2.75) is 25.5 Å². The van der Waals surface area contributed by atoms with Gasteiger partial charge in [-0.05, 0) is 31.5 Å². The molecule has 2 unspecified atom stereocenters. The van der Waals surface area contributed by atoms with E-state index in [9.17, 15) is 18.7 Å². The molecule has 116 valence electrons. The number of carbonyl (C=O) groups is 1. The average molecular weight is 308 g/mol. The summed E-state index contributed by atoms with van der Waals surface area (Å²) < 4.78 is 32.2. The molecule has 1 saturated heterocycles. The molecule has 2 aromatic rings. The van der Waals surface area contributed by atoms with Crippen molar-refractivity contribution in [2.24, 2.45) is 0 Å². The van der Waals surface area contributed by atoms with Crippen LogP contribution < -0.4 is 0 Å². The Hall–Kier alpha value is -2.28. The number of aliphatic hydroxyl groups excluding tert-OH is 1. The Morgan fingerprint density at radius 2 is 2.18 bits per heavy atom. The topological polar surface area (TPSA) is 66.6 Å². The molecule has 7 heteroatoms. The van der Waals surface area contributed by atoms with Gasteiger partial charge in [0.25, 0.3) is 5.91 Å². The van der Waals surface area contributed by atoms with E-state index in [1.54, 1.807) is 6.92 Å². The lowest BCUT2D eigenvalue weighted by molar-refractivity contribution is 0.0703. The van der Waals surface area contributed by atoms with Gasteiger partial charge in [0, 0.05) is 18.2 Å². The highest BCUT2D eigenvalue weighted by Gasteiger charge is 2.38. The Morgan fingerprint density at radius 1 is 1.41 bits per heavy atom. The molecule has 5 nitrogen and oxygen atoms in total. The van der Waals surface area contributed by atoms with Crippen molar-refractivity contribution >= 4 is 5.91 Å². The third-order valence-electron chi connectivity index (χ3n) is 3.70. The van der Waals surface area contributed by atoms with Gasteiger partial charge in [-0.1, -0.05) is 5.16 Å². The minimum absolute atomic E-state index is 0.0331. The maximum absolute atomic E-state index is 14.0. The molecule has 0 radical (unpaired) electrons. The number of benzene rings is 1. The van der Waals surface area contributed by atoms with Crippen LogP contribution >= 0.6 is 0 Å². The van der Waals surface area contributed by atoms with Crippen LogP contribution in [0, 0.1) is 18.6 Å². The Balaban J connectivity index is 1.95. The highest BCUT2D eigenvalue weighted by molar-refractivity contribution is 5.92. The van der Waals surface area contributed by atoms with Gasteiger partial charge in [-0.15, -0.1) is 0 Å². The van der Waals surface area contributed by atoms with Gasteiger partial charge in [0.05, 0.1) is 12.1 Å². The fraction of sp³-hybridized carbons (Fsp3) is 0.333. The van der Waals surface area contributed by atoms with E-state index in [1.807, 2.05) is 0 Å². The van der Waals surface area contributed by atoms with E-state index < -0.39 is 29.7 Å². The second-order valence-electron chi connectivity index (χ2n) is 5.35. The van der Waals surface area contributed by atoms with Crippen LogP contribution in [0.5, 0.6) is 0 Å². The van der Waals surface area contributed by atoms with Crippen molar-refractivity contribution in [3.8, 4) is 0 Å². The van der Waals surface area contributed by atoms with Crippen LogP contribution in [0.2, 0.25) is 0 Å². The van der Waals surface area contributed by atoms with Gasteiger partial charge in [0.2, 0.25) is 0 Å². The predicted octanol–water partition coefficient (Wildman–Crippen LogP) is 2.21. The monoisotopic (exact) mass is 308 g/mol. The van der Waals surface area contributed by atoms with Crippen molar-refractivity contribution in [2.75, 3.05) is 6.54 Å².